The summed E-state index contributed by atoms with van der Waals surface area (Å²) < 4.78 is 27.6. The Kier molecular flexibility index (Phi) is 9.86. The Morgan fingerprint density at radius 1 is 1.21 bits per heavy atom. The monoisotopic (exact) mass is 568 g/mol. The van der Waals surface area contributed by atoms with Gasteiger partial charge in [0.1, 0.15) is 4.21 Å². The molecule has 1 fully saturated rings. The molecule has 2 aromatic rings. The molecule has 6 nitrogen and oxygen atoms in total. The van der Waals surface area contributed by atoms with Crippen molar-refractivity contribution >= 4 is 62.6 Å². The number of guanidine groups is 1. The molecule has 0 saturated carbocycles. The van der Waals surface area contributed by atoms with Crippen LogP contribution in [0.5, 0.6) is 0 Å². The van der Waals surface area contributed by atoms with E-state index in [0.29, 0.717) is 23.8 Å². The summed E-state index contributed by atoms with van der Waals surface area (Å²) in [5, 5.41) is 5.43. The fourth-order valence-corrected chi connectivity index (χ4v) is 6.88. The zero-order valence-corrected chi connectivity index (χ0v) is 21.6. The first-order chi connectivity index (χ1) is 13.5. The van der Waals surface area contributed by atoms with Gasteiger partial charge in [-0.1, -0.05) is 12.5 Å². The second kappa shape index (κ2) is 11.6. The van der Waals surface area contributed by atoms with Gasteiger partial charge in [0.05, 0.1) is 6.54 Å². The molecule has 10 heteroatoms. The summed E-state index contributed by atoms with van der Waals surface area (Å²) in [4.78, 5) is 8.78. The average Bonchev–Trinajstić information content (AvgIpc) is 3.40. The van der Waals surface area contributed by atoms with Crippen molar-refractivity contribution in [2.75, 3.05) is 33.7 Å². The first kappa shape index (κ1) is 24.6. The first-order valence-corrected chi connectivity index (χ1v) is 12.7. The zero-order chi connectivity index (χ0) is 20.0. The maximum atomic E-state index is 12.8. The summed E-state index contributed by atoms with van der Waals surface area (Å²) >= 11 is 3.11. The van der Waals surface area contributed by atoms with Crippen molar-refractivity contribution in [3.63, 3.8) is 0 Å². The number of piperidine rings is 1. The number of nitrogens with zero attached hydrogens (tertiary/aromatic N) is 3. The predicted octanol–water partition coefficient (Wildman–Crippen LogP) is 3.85. The molecule has 0 amide bonds. The summed E-state index contributed by atoms with van der Waals surface area (Å²) in [5.41, 5.74) is 0. The van der Waals surface area contributed by atoms with E-state index in [0.717, 1.165) is 43.1 Å². The van der Waals surface area contributed by atoms with Crippen LogP contribution in [-0.2, 0) is 23.0 Å². The van der Waals surface area contributed by atoms with Gasteiger partial charge < -0.3 is 10.2 Å². The van der Waals surface area contributed by atoms with Gasteiger partial charge >= 0.3 is 0 Å². The van der Waals surface area contributed by atoms with Crippen LogP contribution < -0.4 is 5.32 Å². The summed E-state index contributed by atoms with van der Waals surface area (Å²) in [5.74, 6) is 0.811. The maximum absolute atomic E-state index is 12.8. The number of aliphatic imine (C=N–C) groups is 1. The minimum absolute atomic E-state index is 0. The third kappa shape index (κ3) is 6.65. The molecule has 1 aliphatic heterocycles. The van der Waals surface area contributed by atoms with Crippen molar-refractivity contribution in [2.45, 2.75) is 36.4 Å². The number of rotatable bonds is 7. The van der Waals surface area contributed by atoms with Gasteiger partial charge in [0.15, 0.2) is 5.96 Å². The van der Waals surface area contributed by atoms with Crippen molar-refractivity contribution < 1.29 is 8.42 Å². The van der Waals surface area contributed by atoms with Crippen LogP contribution in [0.25, 0.3) is 0 Å². The van der Waals surface area contributed by atoms with Crippen LogP contribution in [0.15, 0.2) is 38.8 Å². The Bertz CT molecular complexity index is 875. The van der Waals surface area contributed by atoms with E-state index in [1.165, 1.54) is 16.2 Å². The Morgan fingerprint density at radius 3 is 2.62 bits per heavy atom. The third-order valence-electron chi connectivity index (χ3n) is 4.81. The molecule has 2 aromatic heterocycles. The van der Waals surface area contributed by atoms with Gasteiger partial charge in [0, 0.05) is 43.5 Å². The molecule has 3 rings (SSSR count). The highest BCUT2D eigenvalue weighted by molar-refractivity contribution is 14.0. The topological polar surface area (TPSA) is 65.0 Å². The molecule has 0 bridgehead atoms. The molecular formula is C19H29IN4O2S3. The largest absolute Gasteiger partial charge is 0.351 e. The molecule has 0 atom stereocenters. The van der Waals surface area contributed by atoms with Gasteiger partial charge in [0.2, 0.25) is 0 Å². The maximum Gasteiger partial charge on any atom is 0.252 e. The van der Waals surface area contributed by atoms with Crippen LogP contribution in [0.4, 0.5) is 0 Å². The molecule has 1 aliphatic rings. The number of hydrogen-bond donors (Lipinski definition) is 1. The van der Waals surface area contributed by atoms with Gasteiger partial charge in [0.25, 0.3) is 10.0 Å². The number of hydrogen-bond acceptors (Lipinski definition) is 5. The lowest BCUT2D eigenvalue weighted by atomic mass is 10.2. The van der Waals surface area contributed by atoms with Crippen LogP contribution >= 0.6 is 46.7 Å². The molecule has 0 spiro atoms. The van der Waals surface area contributed by atoms with E-state index in [1.54, 1.807) is 28.8 Å². The smallest absolute Gasteiger partial charge is 0.252 e. The van der Waals surface area contributed by atoms with E-state index in [9.17, 15) is 8.42 Å². The van der Waals surface area contributed by atoms with Gasteiger partial charge in [-0.2, -0.15) is 4.31 Å². The van der Waals surface area contributed by atoms with Gasteiger partial charge in [-0.15, -0.1) is 46.7 Å². The molecule has 0 aromatic carbocycles. The Labute approximate surface area is 199 Å². The van der Waals surface area contributed by atoms with Gasteiger partial charge in [-0.05, 0) is 42.8 Å². The zero-order valence-electron chi connectivity index (χ0n) is 16.8. The van der Waals surface area contributed by atoms with Crippen LogP contribution in [0, 0.1) is 0 Å². The molecule has 1 N–H and O–H groups in total. The Balaban J connectivity index is 0.00000300. The van der Waals surface area contributed by atoms with Crippen molar-refractivity contribution in [1.82, 2.24) is 14.5 Å². The summed E-state index contributed by atoms with van der Waals surface area (Å²) in [6.45, 7) is 2.71. The van der Waals surface area contributed by atoms with Crippen LogP contribution in [0.2, 0.25) is 0 Å². The fourth-order valence-electron chi connectivity index (χ4n) is 3.21. The minimum atomic E-state index is -3.35. The number of thiophene rings is 2. The van der Waals surface area contributed by atoms with Gasteiger partial charge in [-0.3, -0.25) is 4.99 Å². The van der Waals surface area contributed by atoms with E-state index in [-0.39, 0.29) is 24.0 Å². The van der Waals surface area contributed by atoms with E-state index < -0.39 is 10.0 Å². The summed E-state index contributed by atoms with van der Waals surface area (Å²) in [6.07, 6.45) is 4.00. The van der Waals surface area contributed by atoms with Crippen molar-refractivity contribution in [2.24, 2.45) is 4.99 Å². The number of likely N-dealkylation sites (N-methyl/N-ethyl adjacent to an activating group) is 1. The molecule has 3 heterocycles. The Hall–Kier alpha value is -0.690. The summed E-state index contributed by atoms with van der Waals surface area (Å²) in [7, 11) is 0.435. The van der Waals surface area contributed by atoms with Crippen LogP contribution in [0.1, 0.15) is 29.0 Å². The molecule has 0 unspecified atom stereocenters. The number of nitrogens with one attached hydrogen (secondary N) is 1. The molecule has 0 aliphatic carbocycles. The average molecular weight is 569 g/mol. The third-order valence-corrected chi connectivity index (χ3v) is 9.20. The second-order valence-corrected chi connectivity index (χ2v) is 11.2. The quantitative estimate of drug-likeness (QED) is 0.313. The molecule has 162 valence electrons. The lowest BCUT2D eigenvalue weighted by molar-refractivity contribution is 0.347. The van der Waals surface area contributed by atoms with E-state index >= 15 is 0 Å². The molecule has 29 heavy (non-hydrogen) atoms. The van der Waals surface area contributed by atoms with Crippen LogP contribution in [0.3, 0.4) is 0 Å². The first-order valence-electron chi connectivity index (χ1n) is 9.54. The molecule has 1 saturated heterocycles. The predicted molar refractivity (Wildman–Crippen MR) is 133 cm³/mol. The van der Waals surface area contributed by atoms with E-state index in [2.05, 4.69) is 32.7 Å². The van der Waals surface area contributed by atoms with E-state index in [1.807, 2.05) is 13.1 Å². The normalized spacial score (nSPS) is 15.7. The van der Waals surface area contributed by atoms with Crippen LogP contribution in [-0.4, -0.2) is 57.3 Å². The number of halogens is 1. The highest BCUT2D eigenvalue weighted by Crippen LogP contribution is 2.27. The molecule has 0 radical (unpaired) electrons. The lowest BCUT2D eigenvalue weighted by Gasteiger charge is -2.25. The standard InChI is InChI=1S/C19H28N4O2S3.HI/c1-20-19(22(2)13-10-16-7-6-14-26-16)21-15-17-8-9-18(27-17)28(24,25)23-11-4-3-5-12-23;/h6-9,14H,3-5,10-13,15H2,1-2H3,(H,20,21);1H. The SMILES string of the molecule is CN=C(NCc1ccc(S(=O)(=O)N2CCCCC2)s1)N(C)CCc1cccs1.I. The number of sulfonamides is 1. The van der Waals surface area contributed by atoms with Crippen molar-refractivity contribution in [3.05, 3.63) is 39.4 Å². The fraction of sp³-hybridized carbons (Fsp3) is 0.526. The highest BCUT2D eigenvalue weighted by Gasteiger charge is 2.27. The van der Waals surface area contributed by atoms with Crippen molar-refractivity contribution in [1.29, 1.82) is 0 Å². The highest BCUT2D eigenvalue weighted by atomic mass is 127. The van der Waals surface area contributed by atoms with Crippen molar-refractivity contribution in [3.8, 4) is 0 Å². The Morgan fingerprint density at radius 2 is 1.97 bits per heavy atom. The van der Waals surface area contributed by atoms with E-state index in [4.69, 9.17) is 0 Å². The van der Waals surface area contributed by atoms with Gasteiger partial charge in [-0.25, -0.2) is 8.42 Å². The summed E-state index contributed by atoms with van der Waals surface area (Å²) in [6, 6.07) is 7.84. The minimum Gasteiger partial charge on any atom is -0.351 e. The second-order valence-electron chi connectivity index (χ2n) is 6.84. The lowest BCUT2D eigenvalue weighted by Crippen LogP contribution is -2.39. The molecular weight excluding hydrogens is 539 g/mol.